The van der Waals surface area contributed by atoms with Crippen molar-refractivity contribution >= 4 is 18.4 Å². The van der Waals surface area contributed by atoms with Crippen LogP contribution in [0.3, 0.4) is 0 Å². The number of halogens is 1. The van der Waals surface area contributed by atoms with Crippen LogP contribution in [0.1, 0.15) is 6.92 Å². The van der Waals surface area contributed by atoms with E-state index in [-0.39, 0.29) is 18.3 Å². The van der Waals surface area contributed by atoms with E-state index in [1.54, 1.807) is 0 Å². The van der Waals surface area contributed by atoms with Gasteiger partial charge in [0.15, 0.2) is 0 Å². The summed E-state index contributed by atoms with van der Waals surface area (Å²) in [6.07, 6.45) is 0. The summed E-state index contributed by atoms with van der Waals surface area (Å²) in [5.74, 6) is -0.496. The Balaban J connectivity index is 0.000001000. The molecule has 1 rings (SSSR count). The highest BCUT2D eigenvalue weighted by molar-refractivity contribution is 5.85. The summed E-state index contributed by atoms with van der Waals surface area (Å²) in [5.41, 5.74) is 0. The molecule has 1 aliphatic heterocycles. The Morgan fingerprint density at radius 1 is 1.55 bits per heavy atom. The molecule has 2 atom stereocenters. The van der Waals surface area contributed by atoms with Crippen LogP contribution in [-0.4, -0.2) is 36.1 Å². The summed E-state index contributed by atoms with van der Waals surface area (Å²) in [4.78, 5) is 12.6. The van der Waals surface area contributed by atoms with Gasteiger partial charge in [0.2, 0.25) is 0 Å². The Morgan fingerprint density at radius 3 is 2.27 bits per heavy atom. The molecule has 1 aliphatic rings. The van der Waals surface area contributed by atoms with Crippen molar-refractivity contribution in [2.45, 2.75) is 6.92 Å². The van der Waals surface area contributed by atoms with E-state index < -0.39 is 5.97 Å². The third-order valence-corrected chi connectivity index (χ3v) is 2.11. The molecule has 1 fully saturated rings. The van der Waals surface area contributed by atoms with Crippen LogP contribution in [0.5, 0.6) is 0 Å². The molecule has 11 heavy (non-hydrogen) atoms. The molecule has 1 N–H and O–H groups in total. The standard InChI is InChI=1S/C7H13NO2.ClH/c1-5-3-8(2)4-6(5)7(9)10;/h5-6H,3-4H2,1-2H3,(H,9,10);1H/t5-,6-;/m1./s1. The van der Waals surface area contributed by atoms with Gasteiger partial charge in [-0.3, -0.25) is 4.79 Å². The first-order chi connectivity index (χ1) is 4.61. The lowest BCUT2D eigenvalue weighted by Gasteiger charge is -2.06. The molecular formula is C7H14ClNO2. The number of hydrogen-bond acceptors (Lipinski definition) is 2. The van der Waals surface area contributed by atoms with Crippen LogP contribution >= 0.6 is 12.4 Å². The SMILES string of the molecule is C[C@@H]1CN(C)C[C@H]1C(=O)O.Cl. The first kappa shape index (κ1) is 10.7. The molecule has 0 aliphatic carbocycles. The van der Waals surface area contributed by atoms with Crippen molar-refractivity contribution in [3.05, 3.63) is 0 Å². The second kappa shape index (κ2) is 3.93. The lowest BCUT2D eigenvalue weighted by molar-refractivity contribution is -0.142. The van der Waals surface area contributed by atoms with E-state index in [2.05, 4.69) is 4.90 Å². The second-order valence-corrected chi connectivity index (χ2v) is 3.14. The van der Waals surface area contributed by atoms with Gasteiger partial charge in [0, 0.05) is 13.1 Å². The van der Waals surface area contributed by atoms with E-state index in [0.717, 1.165) is 6.54 Å². The van der Waals surface area contributed by atoms with Gasteiger partial charge in [-0.05, 0) is 13.0 Å². The van der Waals surface area contributed by atoms with Gasteiger partial charge >= 0.3 is 5.97 Å². The van der Waals surface area contributed by atoms with E-state index >= 15 is 0 Å². The van der Waals surface area contributed by atoms with Crippen LogP contribution in [0.2, 0.25) is 0 Å². The summed E-state index contributed by atoms with van der Waals surface area (Å²) in [5, 5.41) is 8.67. The van der Waals surface area contributed by atoms with Crippen molar-refractivity contribution in [2.75, 3.05) is 20.1 Å². The van der Waals surface area contributed by atoms with Gasteiger partial charge in [-0.25, -0.2) is 0 Å². The van der Waals surface area contributed by atoms with Crippen LogP contribution in [-0.2, 0) is 4.79 Å². The molecule has 0 spiro atoms. The highest BCUT2D eigenvalue weighted by Crippen LogP contribution is 2.20. The van der Waals surface area contributed by atoms with Crippen molar-refractivity contribution in [1.29, 1.82) is 0 Å². The van der Waals surface area contributed by atoms with Crippen LogP contribution < -0.4 is 0 Å². The number of aliphatic carboxylic acids is 1. The number of carbonyl (C=O) groups is 1. The number of carboxylic acid groups (broad SMARTS) is 1. The molecule has 1 heterocycles. The third kappa shape index (κ3) is 2.34. The molecule has 0 unspecified atom stereocenters. The third-order valence-electron chi connectivity index (χ3n) is 2.11. The van der Waals surface area contributed by atoms with Crippen molar-refractivity contribution in [3.8, 4) is 0 Å². The molecule has 0 aromatic heterocycles. The number of rotatable bonds is 1. The molecule has 0 aromatic rings. The average molecular weight is 180 g/mol. The first-order valence-corrected chi connectivity index (χ1v) is 3.52. The molecule has 1 saturated heterocycles. The summed E-state index contributed by atoms with van der Waals surface area (Å²) in [7, 11) is 1.96. The molecule has 0 amide bonds. The average Bonchev–Trinajstić information content (AvgIpc) is 2.10. The van der Waals surface area contributed by atoms with Crippen LogP contribution in [0.4, 0.5) is 0 Å². The molecule has 3 nitrogen and oxygen atoms in total. The summed E-state index contributed by atoms with van der Waals surface area (Å²) >= 11 is 0. The maximum atomic E-state index is 10.5. The number of likely N-dealkylation sites (tertiary alicyclic amines) is 1. The van der Waals surface area contributed by atoms with Crippen LogP contribution in [0.15, 0.2) is 0 Å². The van der Waals surface area contributed by atoms with Gasteiger partial charge in [-0.2, -0.15) is 0 Å². The van der Waals surface area contributed by atoms with E-state index in [9.17, 15) is 4.79 Å². The van der Waals surface area contributed by atoms with Crippen molar-refractivity contribution < 1.29 is 9.90 Å². The van der Waals surface area contributed by atoms with Crippen LogP contribution in [0, 0.1) is 11.8 Å². The Hall–Kier alpha value is -0.280. The topological polar surface area (TPSA) is 40.5 Å². The van der Waals surface area contributed by atoms with Crippen molar-refractivity contribution in [3.63, 3.8) is 0 Å². The first-order valence-electron chi connectivity index (χ1n) is 3.52. The molecular weight excluding hydrogens is 166 g/mol. The highest BCUT2D eigenvalue weighted by Gasteiger charge is 2.32. The molecule has 66 valence electrons. The fourth-order valence-electron chi connectivity index (χ4n) is 1.53. The molecule has 0 bridgehead atoms. The summed E-state index contributed by atoms with van der Waals surface area (Å²) < 4.78 is 0. The maximum absolute atomic E-state index is 10.5. The molecule has 4 heteroatoms. The van der Waals surface area contributed by atoms with E-state index in [1.807, 2.05) is 14.0 Å². The lowest BCUT2D eigenvalue weighted by Crippen LogP contribution is -2.20. The molecule has 0 aromatic carbocycles. The van der Waals surface area contributed by atoms with Gasteiger partial charge in [-0.1, -0.05) is 6.92 Å². The zero-order chi connectivity index (χ0) is 7.72. The predicted octanol–water partition coefficient (Wildman–Crippen LogP) is 0.690. The van der Waals surface area contributed by atoms with Gasteiger partial charge < -0.3 is 10.0 Å². The Labute approximate surface area is 72.8 Å². The number of nitrogens with zero attached hydrogens (tertiary/aromatic N) is 1. The van der Waals surface area contributed by atoms with Crippen molar-refractivity contribution in [1.82, 2.24) is 4.90 Å². The minimum Gasteiger partial charge on any atom is -0.481 e. The second-order valence-electron chi connectivity index (χ2n) is 3.14. The van der Waals surface area contributed by atoms with E-state index in [1.165, 1.54) is 0 Å². The lowest BCUT2D eigenvalue weighted by atomic mass is 9.99. The van der Waals surface area contributed by atoms with Crippen molar-refractivity contribution in [2.24, 2.45) is 11.8 Å². The minimum absolute atomic E-state index is 0. The van der Waals surface area contributed by atoms with Gasteiger partial charge in [0.05, 0.1) is 5.92 Å². The largest absolute Gasteiger partial charge is 0.481 e. The molecule has 0 saturated carbocycles. The fraction of sp³-hybridized carbons (Fsp3) is 0.857. The monoisotopic (exact) mass is 179 g/mol. The Kier molecular flexibility index (Phi) is 3.83. The van der Waals surface area contributed by atoms with Gasteiger partial charge in [-0.15, -0.1) is 12.4 Å². The predicted molar refractivity (Wildman–Crippen MR) is 45.0 cm³/mol. The zero-order valence-corrected chi connectivity index (χ0v) is 7.60. The zero-order valence-electron chi connectivity index (χ0n) is 6.78. The van der Waals surface area contributed by atoms with E-state index in [4.69, 9.17) is 5.11 Å². The number of carboxylic acids is 1. The highest BCUT2D eigenvalue weighted by atomic mass is 35.5. The van der Waals surface area contributed by atoms with E-state index in [0.29, 0.717) is 12.5 Å². The Bertz CT molecular complexity index is 151. The quantitative estimate of drug-likeness (QED) is 0.644. The summed E-state index contributed by atoms with van der Waals surface area (Å²) in [6.45, 7) is 3.61. The number of hydrogen-bond donors (Lipinski definition) is 1. The maximum Gasteiger partial charge on any atom is 0.308 e. The van der Waals surface area contributed by atoms with Gasteiger partial charge in [0.1, 0.15) is 0 Å². The Morgan fingerprint density at radius 2 is 2.09 bits per heavy atom. The fourth-order valence-corrected chi connectivity index (χ4v) is 1.53. The smallest absolute Gasteiger partial charge is 0.308 e. The van der Waals surface area contributed by atoms with Crippen LogP contribution in [0.25, 0.3) is 0 Å². The normalized spacial score (nSPS) is 31.5. The van der Waals surface area contributed by atoms with Gasteiger partial charge in [0.25, 0.3) is 0 Å². The minimum atomic E-state index is -0.656. The summed E-state index contributed by atoms with van der Waals surface area (Å²) in [6, 6.07) is 0. The molecule has 0 radical (unpaired) electrons.